The second-order valence-electron chi connectivity index (χ2n) is 10.00. The molecule has 0 spiro atoms. The molecule has 0 radical (unpaired) electrons. The summed E-state index contributed by atoms with van der Waals surface area (Å²) in [7, 11) is 0. The molecule has 198 valence electrons. The molecule has 9 nitrogen and oxygen atoms in total. The summed E-state index contributed by atoms with van der Waals surface area (Å²) in [5.74, 6) is -0.432. The molecule has 4 heterocycles. The first-order chi connectivity index (χ1) is 19.0. The normalized spacial score (nSPS) is 17.8. The summed E-state index contributed by atoms with van der Waals surface area (Å²) < 4.78 is 13.2. The van der Waals surface area contributed by atoms with Gasteiger partial charge in [0.05, 0.1) is 18.0 Å². The second-order valence-corrected chi connectivity index (χ2v) is 10.00. The van der Waals surface area contributed by atoms with Crippen LogP contribution in [0.4, 0.5) is 10.1 Å². The van der Waals surface area contributed by atoms with E-state index in [-0.39, 0.29) is 23.5 Å². The van der Waals surface area contributed by atoms with Gasteiger partial charge in [-0.25, -0.2) is 14.4 Å². The molecule has 1 atom stereocenters. The van der Waals surface area contributed by atoms with E-state index in [1.807, 2.05) is 29.2 Å². The average Bonchev–Trinajstić information content (AvgIpc) is 3.61. The van der Waals surface area contributed by atoms with Crippen LogP contribution in [0.5, 0.6) is 0 Å². The quantitative estimate of drug-likeness (QED) is 0.397. The van der Waals surface area contributed by atoms with E-state index in [0.29, 0.717) is 44.8 Å². The third-order valence-electron chi connectivity index (χ3n) is 7.44. The number of nitrogens with zero attached hydrogens (tertiary/aromatic N) is 5. The highest BCUT2D eigenvalue weighted by molar-refractivity contribution is 5.99. The van der Waals surface area contributed by atoms with Crippen molar-refractivity contribution in [1.29, 1.82) is 0 Å². The summed E-state index contributed by atoms with van der Waals surface area (Å²) in [6, 6.07) is 12.1. The van der Waals surface area contributed by atoms with Gasteiger partial charge in [0.1, 0.15) is 17.8 Å². The minimum Gasteiger partial charge on any atom is -0.338 e. The predicted molar refractivity (Wildman–Crippen MR) is 146 cm³/mol. The highest BCUT2D eigenvalue weighted by Crippen LogP contribution is 2.28. The first-order valence-corrected chi connectivity index (χ1v) is 13.0. The number of fused-ring (bicyclic) bond motifs is 1. The first kappa shape index (κ1) is 24.9. The molecule has 2 amide bonds. The fraction of sp³-hybridized carbons (Fsp3) is 0.276. The van der Waals surface area contributed by atoms with Crippen LogP contribution in [0.15, 0.2) is 67.3 Å². The molecule has 2 aliphatic rings. The summed E-state index contributed by atoms with van der Waals surface area (Å²) >= 11 is 0. The topological polar surface area (TPSA) is 107 Å². The zero-order chi connectivity index (χ0) is 26.8. The molecule has 1 fully saturated rings. The number of rotatable bonds is 6. The minimum absolute atomic E-state index is 0.0535. The zero-order valence-corrected chi connectivity index (χ0v) is 21.3. The van der Waals surface area contributed by atoms with Crippen LogP contribution in [0.1, 0.15) is 18.4 Å². The Bertz CT molecular complexity index is 1530. The van der Waals surface area contributed by atoms with E-state index in [1.54, 1.807) is 24.5 Å². The predicted octanol–water partition coefficient (Wildman–Crippen LogP) is 3.74. The Labute approximate surface area is 224 Å². The van der Waals surface area contributed by atoms with E-state index < -0.39 is 0 Å². The van der Waals surface area contributed by atoms with E-state index in [9.17, 15) is 14.0 Å². The number of hydrogen-bond donors (Lipinski definition) is 2. The smallest absolute Gasteiger partial charge is 0.237 e. The molecule has 1 saturated heterocycles. The first-order valence-electron chi connectivity index (χ1n) is 13.0. The average molecular weight is 526 g/mol. The van der Waals surface area contributed by atoms with Crippen molar-refractivity contribution >= 4 is 34.0 Å². The number of nitrogens with one attached hydrogen (secondary N) is 2. The lowest BCUT2D eigenvalue weighted by molar-refractivity contribution is -0.132. The summed E-state index contributed by atoms with van der Waals surface area (Å²) in [4.78, 5) is 38.0. The number of benzene rings is 2. The van der Waals surface area contributed by atoms with Crippen LogP contribution >= 0.6 is 0 Å². The van der Waals surface area contributed by atoms with Crippen LogP contribution < -0.4 is 5.32 Å². The maximum atomic E-state index is 13.2. The largest absolute Gasteiger partial charge is 0.338 e. The summed E-state index contributed by atoms with van der Waals surface area (Å²) in [6.07, 6.45) is 8.36. The molecule has 0 unspecified atom stereocenters. The number of anilines is 1. The Hall–Kier alpha value is -4.44. The molecule has 6 rings (SSSR count). The molecule has 2 aliphatic heterocycles. The number of halogens is 1. The summed E-state index contributed by atoms with van der Waals surface area (Å²) in [5, 5.41) is 11.3. The maximum absolute atomic E-state index is 13.2. The maximum Gasteiger partial charge on any atom is 0.237 e. The Balaban J connectivity index is 1.03. The van der Waals surface area contributed by atoms with Gasteiger partial charge in [-0.05, 0) is 60.9 Å². The Morgan fingerprint density at radius 2 is 1.87 bits per heavy atom. The molecule has 2 aromatic carbocycles. The van der Waals surface area contributed by atoms with Crippen molar-refractivity contribution in [3.63, 3.8) is 0 Å². The van der Waals surface area contributed by atoms with Crippen LogP contribution in [0.3, 0.4) is 0 Å². The number of H-pyrrole nitrogens is 1. The van der Waals surface area contributed by atoms with Gasteiger partial charge in [-0.15, -0.1) is 0 Å². The van der Waals surface area contributed by atoms with Crippen molar-refractivity contribution in [2.24, 2.45) is 5.92 Å². The van der Waals surface area contributed by atoms with Gasteiger partial charge >= 0.3 is 0 Å². The molecule has 0 aliphatic carbocycles. The number of hydrogen-bond acceptors (Lipinski definition) is 6. The van der Waals surface area contributed by atoms with Gasteiger partial charge in [-0.2, -0.15) is 5.10 Å². The number of aromatic nitrogens is 4. The van der Waals surface area contributed by atoms with Crippen molar-refractivity contribution in [3.8, 4) is 11.3 Å². The molecule has 0 saturated carbocycles. The molecule has 10 heteroatoms. The molecule has 2 aromatic heterocycles. The monoisotopic (exact) mass is 525 g/mol. The zero-order valence-electron chi connectivity index (χ0n) is 21.3. The third kappa shape index (κ3) is 5.42. The fourth-order valence-electron chi connectivity index (χ4n) is 5.28. The molecule has 0 bridgehead atoms. The van der Waals surface area contributed by atoms with E-state index in [4.69, 9.17) is 0 Å². The number of carbonyl (C=O) groups is 2. The second kappa shape index (κ2) is 10.7. The van der Waals surface area contributed by atoms with Crippen LogP contribution in [0.25, 0.3) is 27.7 Å². The Morgan fingerprint density at radius 1 is 1.05 bits per heavy atom. The van der Waals surface area contributed by atoms with Gasteiger partial charge in [0.15, 0.2) is 0 Å². The number of likely N-dealkylation sites (tertiary alicyclic amines) is 1. The van der Waals surface area contributed by atoms with E-state index in [2.05, 4.69) is 30.4 Å². The van der Waals surface area contributed by atoms with Crippen molar-refractivity contribution in [1.82, 2.24) is 30.0 Å². The lowest BCUT2D eigenvalue weighted by Gasteiger charge is -2.28. The van der Waals surface area contributed by atoms with Crippen molar-refractivity contribution in [3.05, 3.63) is 78.6 Å². The van der Waals surface area contributed by atoms with Crippen molar-refractivity contribution in [2.75, 3.05) is 38.0 Å². The molecule has 4 aromatic rings. The summed E-state index contributed by atoms with van der Waals surface area (Å²) in [5.41, 5.74) is 5.20. The SMILES string of the molecule is O=C(Nc1ccc2[nH]nc(-c3cncnc3)c2c1)[C@@H]1CCN(CC(=O)N2CC=C(c3ccc(F)cc3)CC2)C1. The summed E-state index contributed by atoms with van der Waals surface area (Å²) in [6.45, 7) is 2.72. The van der Waals surface area contributed by atoms with Crippen LogP contribution in [0, 0.1) is 11.7 Å². The van der Waals surface area contributed by atoms with E-state index >= 15 is 0 Å². The molecule has 39 heavy (non-hydrogen) atoms. The van der Waals surface area contributed by atoms with E-state index in [0.717, 1.165) is 39.7 Å². The highest BCUT2D eigenvalue weighted by Gasteiger charge is 2.30. The van der Waals surface area contributed by atoms with Gasteiger partial charge in [0, 0.05) is 48.7 Å². The van der Waals surface area contributed by atoms with Crippen LogP contribution in [-0.4, -0.2) is 74.5 Å². The Morgan fingerprint density at radius 3 is 2.64 bits per heavy atom. The van der Waals surface area contributed by atoms with Gasteiger partial charge in [-0.1, -0.05) is 18.2 Å². The van der Waals surface area contributed by atoms with Crippen molar-refractivity contribution < 1.29 is 14.0 Å². The van der Waals surface area contributed by atoms with Crippen molar-refractivity contribution in [2.45, 2.75) is 12.8 Å². The lowest BCUT2D eigenvalue weighted by atomic mass is 9.99. The standard InChI is InChI=1S/C29H28FN7O2/c30-23-3-1-19(2-4-23)20-8-11-37(12-9-20)27(38)17-36-10-7-21(16-36)29(39)33-24-5-6-26-25(13-24)28(35-34-26)22-14-31-18-32-15-22/h1-6,8,13-15,18,21H,7,9-12,16-17H2,(H,33,39)(H,34,35)/t21-/m1/s1. The third-order valence-corrected chi connectivity index (χ3v) is 7.44. The van der Waals surface area contributed by atoms with Gasteiger partial charge in [0.25, 0.3) is 0 Å². The van der Waals surface area contributed by atoms with Crippen LogP contribution in [0.2, 0.25) is 0 Å². The lowest BCUT2D eigenvalue weighted by Crippen LogP contribution is -2.41. The van der Waals surface area contributed by atoms with Gasteiger partial charge < -0.3 is 10.2 Å². The number of carbonyl (C=O) groups excluding carboxylic acids is 2. The molecular formula is C29H28FN7O2. The van der Waals surface area contributed by atoms with E-state index in [1.165, 1.54) is 18.5 Å². The molecular weight excluding hydrogens is 497 g/mol. The number of amides is 2. The highest BCUT2D eigenvalue weighted by atomic mass is 19.1. The number of aromatic amines is 1. The van der Waals surface area contributed by atoms with Gasteiger partial charge in [-0.3, -0.25) is 19.6 Å². The molecule has 2 N–H and O–H groups in total. The van der Waals surface area contributed by atoms with Gasteiger partial charge in [0.2, 0.25) is 11.8 Å². The van der Waals surface area contributed by atoms with Crippen LogP contribution in [-0.2, 0) is 9.59 Å². The minimum atomic E-state index is -0.253. The fourth-order valence-corrected chi connectivity index (χ4v) is 5.28. The Kier molecular flexibility index (Phi) is 6.85.